The van der Waals surface area contributed by atoms with Crippen LogP contribution in [0.3, 0.4) is 0 Å². The van der Waals surface area contributed by atoms with E-state index < -0.39 is 0 Å². The van der Waals surface area contributed by atoms with Crippen LogP contribution in [0.5, 0.6) is 0 Å². The number of fused-ring (bicyclic) bond motifs is 1. The minimum atomic E-state index is 0.405. The summed E-state index contributed by atoms with van der Waals surface area (Å²) in [6.07, 6.45) is 6.84. The molecule has 1 aliphatic heterocycles. The van der Waals surface area contributed by atoms with E-state index in [0.717, 1.165) is 30.7 Å². The highest BCUT2D eigenvalue weighted by molar-refractivity contribution is 5.49. The summed E-state index contributed by atoms with van der Waals surface area (Å²) in [5, 5.41) is 0. The Morgan fingerprint density at radius 2 is 2.10 bits per heavy atom. The lowest BCUT2D eigenvalue weighted by Crippen LogP contribution is -2.42. The average molecular weight is 291 g/mol. The van der Waals surface area contributed by atoms with Crippen molar-refractivity contribution in [3.63, 3.8) is 0 Å². The molecule has 2 fully saturated rings. The number of anilines is 2. The maximum absolute atomic E-state index is 5.52. The summed E-state index contributed by atoms with van der Waals surface area (Å²) in [4.78, 5) is 11.3. The Balaban J connectivity index is 1.77. The molecule has 0 aromatic carbocycles. The summed E-state index contributed by atoms with van der Waals surface area (Å²) in [6.45, 7) is 2.59. The van der Waals surface area contributed by atoms with Crippen LogP contribution in [0, 0.1) is 11.8 Å². The molecule has 0 spiro atoms. The van der Waals surface area contributed by atoms with Crippen molar-refractivity contribution < 1.29 is 4.74 Å². The predicted molar refractivity (Wildman–Crippen MR) is 82.8 cm³/mol. The number of methoxy groups -OCH3 is 1. The first-order valence-electron chi connectivity index (χ1n) is 7.88. The smallest absolute Gasteiger partial charge is 0.158 e. The first kappa shape index (κ1) is 14.5. The Labute approximate surface area is 126 Å². The average Bonchev–Trinajstić information content (AvgIpc) is 2.54. The van der Waals surface area contributed by atoms with E-state index in [1.807, 2.05) is 6.07 Å². The van der Waals surface area contributed by atoms with Crippen LogP contribution in [-0.2, 0) is 11.3 Å². The number of aromatic nitrogens is 2. The number of nitrogens with zero attached hydrogens (tertiary/aromatic N) is 3. The lowest BCUT2D eigenvalue weighted by molar-refractivity contribution is 0.177. The molecule has 2 unspecified atom stereocenters. The van der Waals surface area contributed by atoms with Gasteiger partial charge in [-0.15, -0.1) is 0 Å². The normalized spacial score (nSPS) is 25.5. The van der Waals surface area contributed by atoms with Crippen LogP contribution >= 0.6 is 0 Å². The Hall–Kier alpha value is -1.40. The summed E-state index contributed by atoms with van der Waals surface area (Å²) in [7, 11) is 1.65. The molecule has 21 heavy (non-hydrogen) atoms. The standard InChI is InChI=1S/C15H25N5O/c1-21-10-14-17-13(19-16)8-15(18-14)20-7-6-11-4-2-3-5-12(11)9-20/h8,11-12H,2-7,9-10,16H2,1H3,(H,17,18,19). The van der Waals surface area contributed by atoms with E-state index in [1.54, 1.807) is 7.11 Å². The second-order valence-corrected chi connectivity index (χ2v) is 6.14. The van der Waals surface area contributed by atoms with E-state index in [4.69, 9.17) is 10.6 Å². The molecule has 116 valence electrons. The minimum Gasteiger partial charge on any atom is -0.377 e. The van der Waals surface area contributed by atoms with E-state index >= 15 is 0 Å². The van der Waals surface area contributed by atoms with Gasteiger partial charge < -0.3 is 15.1 Å². The zero-order valence-corrected chi connectivity index (χ0v) is 12.7. The summed E-state index contributed by atoms with van der Waals surface area (Å²) < 4.78 is 5.14. The number of ether oxygens (including phenoxy) is 1. The van der Waals surface area contributed by atoms with Crippen LogP contribution in [0.4, 0.5) is 11.6 Å². The SMILES string of the molecule is COCc1nc(NN)cc(N2CCC3CCCCC3C2)n1. The van der Waals surface area contributed by atoms with Crippen LogP contribution in [-0.4, -0.2) is 30.2 Å². The topological polar surface area (TPSA) is 76.3 Å². The fraction of sp³-hybridized carbons (Fsp3) is 0.733. The number of hydrogen-bond donors (Lipinski definition) is 2. The van der Waals surface area contributed by atoms with Gasteiger partial charge in [0, 0.05) is 26.3 Å². The summed E-state index contributed by atoms with van der Waals surface area (Å²) in [5.41, 5.74) is 2.63. The first-order chi connectivity index (χ1) is 10.3. The maximum Gasteiger partial charge on any atom is 0.158 e. The van der Waals surface area contributed by atoms with Gasteiger partial charge in [0.05, 0.1) is 0 Å². The molecular formula is C15H25N5O. The summed E-state index contributed by atoms with van der Waals surface area (Å²) >= 11 is 0. The number of piperidine rings is 1. The van der Waals surface area contributed by atoms with Crippen molar-refractivity contribution in [2.45, 2.75) is 38.7 Å². The minimum absolute atomic E-state index is 0.405. The van der Waals surface area contributed by atoms with Crippen LogP contribution in [0.25, 0.3) is 0 Å². The number of nitrogen functional groups attached to an aromatic ring is 1. The van der Waals surface area contributed by atoms with Gasteiger partial charge in [0.2, 0.25) is 0 Å². The molecule has 3 rings (SSSR count). The molecule has 2 heterocycles. The summed E-state index contributed by atoms with van der Waals surface area (Å²) in [5.74, 6) is 9.55. The van der Waals surface area contributed by atoms with Gasteiger partial charge in [-0.05, 0) is 24.7 Å². The molecule has 0 bridgehead atoms. The van der Waals surface area contributed by atoms with Gasteiger partial charge in [0.1, 0.15) is 18.2 Å². The molecule has 2 aliphatic rings. The number of rotatable bonds is 4. The number of hydrogen-bond acceptors (Lipinski definition) is 6. The third-order valence-corrected chi connectivity index (χ3v) is 4.80. The van der Waals surface area contributed by atoms with Gasteiger partial charge in [-0.25, -0.2) is 15.8 Å². The molecule has 0 radical (unpaired) electrons. The Bertz CT molecular complexity index is 481. The van der Waals surface area contributed by atoms with Crippen LogP contribution in [0.1, 0.15) is 37.9 Å². The van der Waals surface area contributed by atoms with Crippen molar-refractivity contribution in [1.29, 1.82) is 0 Å². The van der Waals surface area contributed by atoms with Crippen molar-refractivity contribution in [3.05, 3.63) is 11.9 Å². The third-order valence-electron chi connectivity index (χ3n) is 4.80. The van der Waals surface area contributed by atoms with E-state index in [1.165, 1.54) is 32.1 Å². The van der Waals surface area contributed by atoms with Crippen molar-refractivity contribution in [3.8, 4) is 0 Å². The predicted octanol–water partition coefficient (Wildman–Crippen LogP) is 1.93. The molecular weight excluding hydrogens is 266 g/mol. The van der Waals surface area contributed by atoms with Gasteiger partial charge in [-0.1, -0.05) is 19.3 Å². The highest BCUT2D eigenvalue weighted by atomic mass is 16.5. The molecule has 6 heteroatoms. The van der Waals surface area contributed by atoms with Crippen LogP contribution in [0.2, 0.25) is 0 Å². The fourth-order valence-electron chi connectivity index (χ4n) is 3.72. The van der Waals surface area contributed by atoms with E-state index in [0.29, 0.717) is 18.2 Å². The van der Waals surface area contributed by atoms with E-state index in [2.05, 4.69) is 20.3 Å². The Kier molecular flexibility index (Phi) is 4.55. The van der Waals surface area contributed by atoms with Gasteiger partial charge in [-0.2, -0.15) is 0 Å². The van der Waals surface area contributed by atoms with Gasteiger partial charge in [0.25, 0.3) is 0 Å². The zero-order valence-electron chi connectivity index (χ0n) is 12.7. The number of hydrazine groups is 1. The molecule has 1 saturated heterocycles. The molecule has 2 atom stereocenters. The second kappa shape index (κ2) is 6.58. The monoisotopic (exact) mass is 291 g/mol. The molecule has 0 amide bonds. The van der Waals surface area contributed by atoms with Crippen LogP contribution in [0.15, 0.2) is 6.07 Å². The fourth-order valence-corrected chi connectivity index (χ4v) is 3.72. The molecule has 3 N–H and O–H groups in total. The molecule has 1 aromatic rings. The van der Waals surface area contributed by atoms with Crippen LogP contribution < -0.4 is 16.2 Å². The highest BCUT2D eigenvalue weighted by Gasteiger charge is 2.31. The van der Waals surface area contributed by atoms with Gasteiger partial charge in [0.15, 0.2) is 5.82 Å². The third kappa shape index (κ3) is 3.27. The van der Waals surface area contributed by atoms with E-state index in [9.17, 15) is 0 Å². The summed E-state index contributed by atoms with van der Waals surface area (Å²) in [6, 6.07) is 1.93. The van der Waals surface area contributed by atoms with Crippen molar-refractivity contribution in [2.75, 3.05) is 30.5 Å². The molecule has 1 saturated carbocycles. The van der Waals surface area contributed by atoms with Crippen molar-refractivity contribution in [2.24, 2.45) is 17.7 Å². The highest BCUT2D eigenvalue weighted by Crippen LogP contribution is 2.37. The molecule has 6 nitrogen and oxygen atoms in total. The zero-order chi connectivity index (χ0) is 14.7. The Morgan fingerprint density at radius 1 is 1.29 bits per heavy atom. The van der Waals surface area contributed by atoms with Crippen molar-refractivity contribution >= 4 is 11.6 Å². The number of nitrogens with two attached hydrogens (primary N) is 1. The second-order valence-electron chi connectivity index (χ2n) is 6.14. The maximum atomic E-state index is 5.52. The lowest BCUT2D eigenvalue weighted by Gasteiger charge is -2.41. The quantitative estimate of drug-likeness (QED) is 0.652. The largest absolute Gasteiger partial charge is 0.377 e. The molecule has 1 aliphatic carbocycles. The Morgan fingerprint density at radius 3 is 2.86 bits per heavy atom. The first-order valence-corrected chi connectivity index (χ1v) is 7.88. The van der Waals surface area contributed by atoms with Gasteiger partial charge in [-0.3, -0.25) is 0 Å². The lowest BCUT2D eigenvalue weighted by atomic mass is 9.75. The number of nitrogens with one attached hydrogen (secondary N) is 1. The van der Waals surface area contributed by atoms with E-state index in [-0.39, 0.29) is 0 Å². The van der Waals surface area contributed by atoms with Crippen molar-refractivity contribution in [1.82, 2.24) is 9.97 Å². The molecule has 1 aromatic heterocycles. The van der Waals surface area contributed by atoms with Gasteiger partial charge >= 0.3 is 0 Å².